The highest BCUT2D eigenvalue weighted by molar-refractivity contribution is 7.89. The number of rotatable bonds is 5. The molecule has 0 aliphatic rings. The van der Waals surface area contributed by atoms with E-state index >= 15 is 0 Å². The first-order valence-corrected chi connectivity index (χ1v) is 7.06. The van der Waals surface area contributed by atoms with Crippen LogP contribution in [-0.2, 0) is 16.6 Å². The Bertz CT molecular complexity index is 644. The molecule has 4 N–H and O–H groups in total. The van der Waals surface area contributed by atoms with Gasteiger partial charge in [-0.05, 0) is 29.8 Å². The first-order valence-electron chi connectivity index (χ1n) is 5.58. The zero-order chi connectivity index (χ0) is 13.7. The number of nitrogen functional groups attached to an aromatic ring is 1. The van der Waals surface area contributed by atoms with Crippen molar-refractivity contribution in [1.82, 2.24) is 9.71 Å². The molecule has 0 amide bonds. The van der Waals surface area contributed by atoms with Crippen molar-refractivity contribution in [2.24, 2.45) is 5.84 Å². The maximum atomic E-state index is 12.2. The predicted molar refractivity (Wildman–Crippen MR) is 72.5 cm³/mol. The van der Waals surface area contributed by atoms with Crippen LogP contribution in [0.3, 0.4) is 0 Å². The molecule has 0 bridgehead atoms. The number of pyridine rings is 1. The largest absolute Gasteiger partial charge is 0.323 e. The van der Waals surface area contributed by atoms with Gasteiger partial charge in [-0.15, -0.1) is 0 Å². The molecule has 1 aromatic carbocycles. The lowest BCUT2D eigenvalue weighted by Gasteiger charge is -2.10. The van der Waals surface area contributed by atoms with Crippen molar-refractivity contribution in [3.63, 3.8) is 0 Å². The number of anilines is 1. The summed E-state index contributed by atoms with van der Waals surface area (Å²) in [6.07, 6.45) is 3.22. The molecule has 19 heavy (non-hydrogen) atoms. The van der Waals surface area contributed by atoms with E-state index in [4.69, 9.17) is 5.84 Å². The van der Waals surface area contributed by atoms with Gasteiger partial charge in [0.25, 0.3) is 0 Å². The Morgan fingerprint density at radius 2 is 1.79 bits per heavy atom. The monoisotopic (exact) mass is 278 g/mol. The molecule has 2 aromatic rings. The van der Waals surface area contributed by atoms with Crippen molar-refractivity contribution in [3.8, 4) is 0 Å². The molecule has 0 saturated heterocycles. The topological polar surface area (TPSA) is 97.1 Å². The van der Waals surface area contributed by atoms with Gasteiger partial charge in [0, 0.05) is 18.9 Å². The van der Waals surface area contributed by atoms with Crippen LogP contribution in [0.15, 0.2) is 53.7 Å². The summed E-state index contributed by atoms with van der Waals surface area (Å²) in [5, 5.41) is 0. The Morgan fingerprint density at radius 3 is 2.47 bits per heavy atom. The molecule has 0 radical (unpaired) electrons. The van der Waals surface area contributed by atoms with E-state index in [-0.39, 0.29) is 11.4 Å². The lowest BCUT2D eigenvalue weighted by Crippen LogP contribution is -2.25. The van der Waals surface area contributed by atoms with E-state index in [1.165, 1.54) is 6.07 Å². The lowest BCUT2D eigenvalue weighted by atomic mass is 10.3. The summed E-state index contributed by atoms with van der Waals surface area (Å²) in [6, 6.07) is 9.93. The highest BCUT2D eigenvalue weighted by Gasteiger charge is 2.17. The van der Waals surface area contributed by atoms with Gasteiger partial charge in [-0.3, -0.25) is 10.8 Å². The Morgan fingerprint density at radius 1 is 1.11 bits per heavy atom. The number of benzene rings is 1. The standard InChI is InChI=1S/C12H14N4O2S/c13-16-11-3-1-2-4-12(11)19(17,18)15-9-10-5-7-14-8-6-10/h1-8,15-16H,9,13H2. The second kappa shape index (κ2) is 5.79. The molecule has 6 nitrogen and oxygen atoms in total. The van der Waals surface area contributed by atoms with Gasteiger partial charge >= 0.3 is 0 Å². The zero-order valence-electron chi connectivity index (χ0n) is 10.1. The molecule has 2 rings (SSSR count). The highest BCUT2D eigenvalue weighted by atomic mass is 32.2. The first kappa shape index (κ1) is 13.5. The number of nitrogens with one attached hydrogen (secondary N) is 2. The van der Waals surface area contributed by atoms with Crippen LogP contribution in [0.4, 0.5) is 5.69 Å². The van der Waals surface area contributed by atoms with E-state index in [0.29, 0.717) is 5.69 Å². The zero-order valence-corrected chi connectivity index (χ0v) is 10.9. The normalized spacial score (nSPS) is 11.2. The van der Waals surface area contributed by atoms with Crippen LogP contribution in [0.1, 0.15) is 5.56 Å². The summed E-state index contributed by atoms with van der Waals surface area (Å²) in [6.45, 7) is 0.198. The van der Waals surface area contributed by atoms with Crippen LogP contribution < -0.4 is 16.0 Å². The minimum absolute atomic E-state index is 0.117. The van der Waals surface area contributed by atoms with E-state index < -0.39 is 10.0 Å². The molecule has 1 heterocycles. The SMILES string of the molecule is NNc1ccccc1S(=O)(=O)NCc1ccncc1. The van der Waals surface area contributed by atoms with Gasteiger partial charge < -0.3 is 5.43 Å². The van der Waals surface area contributed by atoms with Gasteiger partial charge in [0.2, 0.25) is 10.0 Å². The number of nitrogens with zero attached hydrogens (tertiary/aromatic N) is 1. The quantitative estimate of drug-likeness (QED) is 0.556. The van der Waals surface area contributed by atoms with E-state index in [1.807, 2.05) is 0 Å². The highest BCUT2D eigenvalue weighted by Crippen LogP contribution is 2.19. The first-order chi connectivity index (χ1) is 9.13. The summed E-state index contributed by atoms with van der Waals surface area (Å²) < 4.78 is 26.8. The van der Waals surface area contributed by atoms with Crippen molar-refractivity contribution in [3.05, 3.63) is 54.4 Å². The number of hydrogen-bond donors (Lipinski definition) is 3. The summed E-state index contributed by atoms with van der Waals surface area (Å²) in [4.78, 5) is 3.99. The Labute approximate surface area is 111 Å². The van der Waals surface area contributed by atoms with Crippen LogP contribution >= 0.6 is 0 Å². The van der Waals surface area contributed by atoms with Gasteiger partial charge in [-0.25, -0.2) is 13.1 Å². The Balaban J connectivity index is 2.19. The Kier molecular flexibility index (Phi) is 4.10. The molecule has 1 aromatic heterocycles. The number of nitrogens with two attached hydrogens (primary N) is 1. The number of hydrazine groups is 1. The van der Waals surface area contributed by atoms with Crippen molar-refractivity contribution in [2.75, 3.05) is 5.43 Å². The van der Waals surface area contributed by atoms with Crippen LogP contribution in [0.5, 0.6) is 0 Å². The van der Waals surface area contributed by atoms with Gasteiger partial charge in [0.15, 0.2) is 0 Å². The van der Waals surface area contributed by atoms with Gasteiger partial charge in [0.05, 0.1) is 5.69 Å². The lowest BCUT2D eigenvalue weighted by molar-refractivity contribution is 0.581. The molecular weight excluding hydrogens is 264 g/mol. The second-order valence-electron chi connectivity index (χ2n) is 3.82. The average molecular weight is 278 g/mol. The molecule has 0 unspecified atom stereocenters. The summed E-state index contributed by atoms with van der Waals surface area (Å²) in [7, 11) is -3.61. The fraction of sp³-hybridized carbons (Fsp3) is 0.0833. The number of hydrogen-bond acceptors (Lipinski definition) is 5. The molecule has 0 fully saturated rings. The number of sulfonamides is 1. The molecular formula is C12H14N4O2S. The van der Waals surface area contributed by atoms with E-state index in [2.05, 4.69) is 15.1 Å². The summed E-state index contributed by atoms with van der Waals surface area (Å²) in [5.74, 6) is 5.30. The van der Waals surface area contributed by atoms with Gasteiger partial charge in [-0.2, -0.15) is 0 Å². The summed E-state index contributed by atoms with van der Waals surface area (Å²) >= 11 is 0. The van der Waals surface area contributed by atoms with Crippen molar-refractivity contribution in [2.45, 2.75) is 11.4 Å². The predicted octanol–water partition coefficient (Wildman–Crippen LogP) is 0.846. The smallest absolute Gasteiger partial charge is 0.242 e. The minimum atomic E-state index is -3.61. The van der Waals surface area contributed by atoms with E-state index in [0.717, 1.165) is 5.56 Å². The fourth-order valence-corrected chi connectivity index (χ4v) is 2.76. The molecule has 7 heteroatoms. The van der Waals surface area contributed by atoms with E-state index in [1.54, 1.807) is 42.7 Å². The average Bonchev–Trinajstić information content (AvgIpc) is 2.46. The van der Waals surface area contributed by atoms with Crippen LogP contribution in [0.2, 0.25) is 0 Å². The van der Waals surface area contributed by atoms with Gasteiger partial charge in [-0.1, -0.05) is 12.1 Å². The number of aromatic nitrogens is 1. The Hall–Kier alpha value is -1.96. The third kappa shape index (κ3) is 3.28. The van der Waals surface area contributed by atoms with Crippen molar-refractivity contribution < 1.29 is 8.42 Å². The third-order valence-electron chi connectivity index (χ3n) is 2.55. The minimum Gasteiger partial charge on any atom is -0.323 e. The van der Waals surface area contributed by atoms with Crippen LogP contribution in [0, 0.1) is 0 Å². The fourth-order valence-electron chi connectivity index (χ4n) is 1.58. The molecule has 100 valence electrons. The maximum Gasteiger partial charge on any atom is 0.242 e. The molecule has 0 saturated carbocycles. The second-order valence-corrected chi connectivity index (χ2v) is 5.56. The van der Waals surface area contributed by atoms with Gasteiger partial charge in [0.1, 0.15) is 4.90 Å². The number of para-hydroxylation sites is 1. The van der Waals surface area contributed by atoms with Crippen LogP contribution in [-0.4, -0.2) is 13.4 Å². The summed E-state index contributed by atoms with van der Waals surface area (Å²) in [5.41, 5.74) is 3.55. The van der Waals surface area contributed by atoms with Crippen molar-refractivity contribution >= 4 is 15.7 Å². The van der Waals surface area contributed by atoms with E-state index in [9.17, 15) is 8.42 Å². The maximum absolute atomic E-state index is 12.2. The third-order valence-corrected chi connectivity index (χ3v) is 4.01. The molecule has 0 aliphatic heterocycles. The molecule has 0 spiro atoms. The molecule has 0 atom stereocenters. The molecule has 0 aliphatic carbocycles. The van der Waals surface area contributed by atoms with Crippen LogP contribution in [0.25, 0.3) is 0 Å². The van der Waals surface area contributed by atoms with Crippen molar-refractivity contribution in [1.29, 1.82) is 0 Å².